The molecule has 0 aliphatic carbocycles. The van der Waals surface area contributed by atoms with E-state index in [0.717, 1.165) is 6.07 Å². The van der Waals surface area contributed by atoms with Crippen molar-refractivity contribution in [2.45, 2.75) is 11.4 Å². The molecular formula is C17H12Cl2N2O5S. The van der Waals surface area contributed by atoms with E-state index in [1.165, 1.54) is 28.8 Å². The maximum Gasteiger partial charge on any atom is 0.327 e. The highest BCUT2D eigenvalue weighted by atomic mass is 35.5. The summed E-state index contributed by atoms with van der Waals surface area (Å²) in [5.74, 6) is -1.63. The van der Waals surface area contributed by atoms with Crippen molar-refractivity contribution in [3.8, 4) is 0 Å². The minimum absolute atomic E-state index is 0.0168. The molecule has 0 saturated carbocycles. The summed E-state index contributed by atoms with van der Waals surface area (Å²) < 4.78 is 0. The Morgan fingerprint density at radius 3 is 2.52 bits per heavy atom. The van der Waals surface area contributed by atoms with E-state index in [0.29, 0.717) is 10.6 Å². The van der Waals surface area contributed by atoms with Crippen molar-refractivity contribution >= 4 is 52.5 Å². The molecule has 7 nitrogen and oxygen atoms in total. The summed E-state index contributed by atoms with van der Waals surface area (Å²) >= 11 is 13.3. The third-order valence-electron chi connectivity index (χ3n) is 4.08. The second-order valence-electron chi connectivity index (χ2n) is 5.70. The molecular weight excluding hydrogens is 415 g/mol. The first-order valence-corrected chi connectivity index (χ1v) is 9.47. The minimum Gasteiger partial charge on any atom is -0.480 e. The van der Waals surface area contributed by atoms with Gasteiger partial charge in [0.05, 0.1) is 4.92 Å². The van der Waals surface area contributed by atoms with Gasteiger partial charge in [-0.2, -0.15) is 0 Å². The lowest BCUT2D eigenvalue weighted by Gasteiger charge is -2.28. The van der Waals surface area contributed by atoms with E-state index in [4.69, 9.17) is 23.2 Å². The van der Waals surface area contributed by atoms with Crippen LogP contribution in [0.15, 0.2) is 42.5 Å². The number of hydrogen-bond donors (Lipinski definition) is 1. The summed E-state index contributed by atoms with van der Waals surface area (Å²) in [6.45, 7) is 0. The topological polar surface area (TPSA) is 101 Å². The molecule has 0 aromatic heterocycles. The molecule has 10 heteroatoms. The molecule has 0 bridgehead atoms. The normalized spacial score (nSPS) is 19.1. The smallest absolute Gasteiger partial charge is 0.327 e. The first-order valence-electron chi connectivity index (χ1n) is 7.66. The van der Waals surface area contributed by atoms with Gasteiger partial charge in [-0.25, -0.2) is 4.79 Å². The Hall–Kier alpha value is -2.29. The Morgan fingerprint density at radius 2 is 1.89 bits per heavy atom. The van der Waals surface area contributed by atoms with Crippen LogP contribution in [-0.2, 0) is 4.79 Å². The summed E-state index contributed by atoms with van der Waals surface area (Å²) in [6.07, 6.45) is 0. The number of thioether (sulfide) groups is 1. The molecule has 1 fully saturated rings. The van der Waals surface area contributed by atoms with Gasteiger partial charge in [0.1, 0.15) is 16.4 Å². The van der Waals surface area contributed by atoms with Gasteiger partial charge in [0.15, 0.2) is 0 Å². The lowest BCUT2D eigenvalue weighted by atomic mass is 10.1. The fourth-order valence-corrected chi connectivity index (χ4v) is 4.74. The Morgan fingerprint density at radius 1 is 1.19 bits per heavy atom. The van der Waals surface area contributed by atoms with Crippen molar-refractivity contribution in [3.05, 3.63) is 73.8 Å². The lowest BCUT2D eigenvalue weighted by molar-refractivity contribution is -0.384. The van der Waals surface area contributed by atoms with Crippen molar-refractivity contribution < 1.29 is 19.6 Å². The first kappa shape index (κ1) is 19.5. The number of nitro benzene ring substituents is 1. The van der Waals surface area contributed by atoms with E-state index >= 15 is 0 Å². The summed E-state index contributed by atoms with van der Waals surface area (Å²) in [6, 6.07) is 9.39. The van der Waals surface area contributed by atoms with Crippen LogP contribution in [0.4, 0.5) is 5.69 Å². The molecule has 1 heterocycles. The number of hydrogen-bond acceptors (Lipinski definition) is 5. The molecule has 1 aliphatic heterocycles. The molecule has 140 valence electrons. The molecule has 0 spiro atoms. The van der Waals surface area contributed by atoms with E-state index < -0.39 is 33.9 Å². The molecule has 27 heavy (non-hydrogen) atoms. The standard InChI is InChI=1S/C17H12Cl2N2O5S/c18-11-4-2-1-3-10(11)16-20(14(8-27-16)17(23)24)15(22)9-5-6-12(19)13(7-9)21(25)26/h1-7,14,16H,8H2,(H,23,24)/t14-,16-/m0/s1. The van der Waals surface area contributed by atoms with Crippen molar-refractivity contribution in [3.63, 3.8) is 0 Å². The third-order valence-corrected chi connectivity index (χ3v) is 6.05. The molecule has 2 aromatic rings. The van der Waals surface area contributed by atoms with Gasteiger partial charge in [-0.1, -0.05) is 41.4 Å². The summed E-state index contributed by atoms with van der Waals surface area (Å²) in [5, 5.41) is 20.3. The highest BCUT2D eigenvalue weighted by Gasteiger charge is 2.43. The molecule has 1 amide bonds. The monoisotopic (exact) mass is 426 g/mol. The highest BCUT2D eigenvalue weighted by molar-refractivity contribution is 7.99. The van der Waals surface area contributed by atoms with Gasteiger partial charge in [-0.3, -0.25) is 14.9 Å². The molecule has 1 saturated heterocycles. The number of aliphatic carboxylic acids is 1. The van der Waals surface area contributed by atoms with E-state index in [1.54, 1.807) is 24.3 Å². The number of carbonyl (C=O) groups excluding carboxylic acids is 1. The van der Waals surface area contributed by atoms with Crippen molar-refractivity contribution in [1.82, 2.24) is 4.90 Å². The molecule has 2 aromatic carbocycles. The Balaban J connectivity index is 2.05. The van der Waals surface area contributed by atoms with Gasteiger partial charge in [0.2, 0.25) is 0 Å². The molecule has 1 N–H and O–H groups in total. The summed E-state index contributed by atoms with van der Waals surface area (Å²) in [5.41, 5.74) is 0.164. The van der Waals surface area contributed by atoms with E-state index in [-0.39, 0.29) is 16.3 Å². The van der Waals surface area contributed by atoms with Crippen LogP contribution in [0.1, 0.15) is 21.3 Å². The second-order valence-corrected chi connectivity index (χ2v) is 7.62. The maximum absolute atomic E-state index is 13.1. The second kappa shape index (κ2) is 7.75. The quantitative estimate of drug-likeness (QED) is 0.579. The van der Waals surface area contributed by atoms with E-state index in [2.05, 4.69) is 0 Å². The molecule has 2 atom stereocenters. The van der Waals surface area contributed by atoms with E-state index in [9.17, 15) is 24.8 Å². The molecule has 0 unspecified atom stereocenters. The highest BCUT2D eigenvalue weighted by Crippen LogP contribution is 2.44. The van der Waals surface area contributed by atoms with Crippen LogP contribution in [0.5, 0.6) is 0 Å². The zero-order chi connectivity index (χ0) is 19.7. The summed E-state index contributed by atoms with van der Waals surface area (Å²) in [4.78, 5) is 36.4. The number of carboxylic acids is 1. The number of carboxylic acid groups (broad SMARTS) is 1. The summed E-state index contributed by atoms with van der Waals surface area (Å²) in [7, 11) is 0. The minimum atomic E-state index is -1.16. The van der Waals surface area contributed by atoms with E-state index in [1.807, 2.05) is 0 Å². The predicted octanol–water partition coefficient (Wildman–Crippen LogP) is 4.24. The van der Waals surface area contributed by atoms with Crippen molar-refractivity contribution in [2.75, 3.05) is 5.75 Å². The number of amides is 1. The van der Waals surface area contributed by atoms with Gasteiger partial charge < -0.3 is 10.0 Å². The third kappa shape index (κ3) is 3.73. The van der Waals surface area contributed by atoms with Gasteiger partial charge in [0, 0.05) is 28.0 Å². The van der Waals surface area contributed by atoms with Gasteiger partial charge in [-0.05, 0) is 18.2 Å². The average molecular weight is 427 g/mol. The first-order chi connectivity index (χ1) is 12.8. The average Bonchev–Trinajstić information content (AvgIpc) is 3.06. The molecule has 0 radical (unpaired) electrons. The molecule has 1 aliphatic rings. The largest absolute Gasteiger partial charge is 0.480 e. The Kier molecular flexibility index (Phi) is 5.59. The zero-order valence-electron chi connectivity index (χ0n) is 13.5. The van der Waals surface area contributed by atoms with Crippen LogP contribution in [0.25, 0.3) is 0 Å². The van der Waals surface area contributed by atoms with Crippen LogP contribution < -0.4 is 0 Å². The zero-order valence-corrected chi connectivity index (χ0v) is 15.9. The van der Waals surface area contributed by atoms with Crippen LogP contribution >= 0.6 is 35.0 Å². The van der Waals surface area contributed by atoms with Crippen molar-refractivity contribution in [2.24, 2.45) is 0 Å². The number of nitro groups is 1. The number of halogens is 2. The van der Waals surface area contributed by atoms with Crippen molar-refractivity contribution in [1.29, 1.82) is 0 Å². The Bertz CT molecular complexity index is 939. The number of nitrogens with zero attached hydrogens (tertiary/aromatic N) is 2. The maximum atomic E-state index is 13.1. The lowest BCUT2D eigenvalue weighted by Crippen LogP contribution is -2.43. The number of carbonyl (C=O) groups is 2. The SMILES string of the molecule is O=C(O)[C@@H]1CS[C@@H](c2ccccc2Cl)N1C(=O)c1ccc(Cl)c([N+](=O)[O-])c1. The van der Waals surface area contributed by atoms with Gasteiger partial charge in [-0.15, -0.1) is 11.8 Å². The van der Waals surface area contributed by atoms with Crippen LogP contribution in [0.2, 0.25) is 10.0 Å². The van der Waals surface area contributed by atoms with Gasteiger partial charge in [0.25, 0.3) is 11.6 Å². The molecule has 3 rings (SSSR count). The van der Waals surface area contributed by atoms with Crippen LogP contribution in [-0.4, -0.2) is 38.6 Å². The fourth-order valence-electron chi connectivity index (χ4n) is 2.79. The van der Waals surface area contributed by atoms with Crippen LogP contribution in [0, 0.1) is 10.1 Å². The van der Waals surface area contributed by atoms with Crippen LogP contribution in [0.3, 0.4) is 0 Å². The Labute approximate surface area is 168 Å². The number of rotatable bonds is 4. The van der Waals surface area contributed by atoms with Gasteiger partial charge >= 0.3 is 5.97 Å². The fraction of sp³-hybridized carbons (Fsp3) is 0.176. The predicted molar refractivity (Wildman–Crippen MR) is 102 cm³/mol. The number of benzene rings is 2.